The van der Waals surface area contributed by atoms with Crippen LogP contribution in [0.1, 0.15) is 97.5 Å². The number of unbranched alkanes of at least 4 members (excludes halogenated alkanes) is 1. The van der Waals surface area contributed by atoms with Gasteiger partial charge >= 0.3 is 24.2 Å². The summed E-state index contributed by atoms with van der Waals surface area (Å²) in [5.41, 5.74) is 4.78. The molecule has 4 heterocycles. The summed E-state index contributed by atoms with van der Waals surface area (Å²) in [5, 5.41) is 28.8. The van der Waals surface area contributed by atoms with Crippen LogP contribution in [0.25, 0.3) is 0 Å². The zero-order valence-electron chi connectivity index (χ0n) is 48.6. The number of aliphatic hydroxyl groups is 1. The van der Waals surface area contributed by atoms with Gasteiger partial charge in [-0.1, -0.05) is 48.9 Å². The smallest absolute Gasteiger partial charge is 0.412 e. The average Bonchev–Trinajstić information content (AvgIpc) is 1.65. The van der Waals surface area contributed by atoms with E-state index in [9.17, 15) is 48.3 Å². The van der Waals surface area contributed by atoms with Gasteiger partial charge in [-0.2, -0.15) is 0 Å². The number of imide groups is 1. The Kier molecular flexibility index (Phi) is 23.3. The highest BCUT2D eigenvalue weighted by molar-refractivity contribution is 9.10. The van der Waals surface area contributed by atoms with Gasteiger partial charge in [0.2, 0.25) is 17.7 Å². The lowest BCUT2D eigenvalue weighted by Gasteiger charge is -2.42. The van der Waals surface area contributed by atoms with Crippen molar-refractivity contribution in [2.75, 3.05) is 50.5 Å². The Labute approximate surface area is 505 Å². The first-order chi connectivity index (χ1) is 40.2. The molecule has 2 aromatic carbocycles. The number of methoxy groups -OCH3 is 3. The standard InChI is InChI=1S/C57H75BrClN9O17/c1-30-14-12-17-42(81-9)57(78)29-41(82-55(77)66-57)32(3)50-56(5,84-50)43(28-46(71)67(6)39-25-34(24-30)26-40(80-8)48(39)59)83-54(76)63-35-19-20-37(36(58)27-35)64-51(73)38(16-13-23-61-53(60)75)65-52(74)49(33(4)79-7)62-31(2)15-10-11-18-47(72)85-68-44(69)21-22-45(68)70/h12,14,17,19-20,25-27,32-33,38,41-43,49-50,62,78H,2,10-11,13,15-16,18,21-24,28-29H2,1,3-9H3,(H,63,76)(H,64,73)(H,65,74)(H,66,77)(H3,60,61,75)/b17-12+,30-14+/t32-,33?,38+,41+,42-,43+,49+,50+,56+,57+/m1/s1. The second-order valence-electron chi connectivity index (χ2n) is 21.4. The van der Waals surface area contributed by atoms with Gasteiger partial charge in [0.1, 0.15) is 46.8 Å². The topological polar surface area (TPSA) is 346 Å². The van der Waals surface area contributed by atoms with Crippen LogP contribution in [-0.4, -0.2) is 153 Å². The number of urea groups is 1. The predicted octanol–water partition coefficient (Wildman–Crippen LogP) is 5.68. The Morgan fingerprint density at radius 2 is 1.69 bits per heavy atom. The molecule has 464 valence electrons. The molecule has 0 aromatic heterocycles. The van der Waals surface area contributed by atoms with Gasteiger partial charge in [0, 0.05) is 75.3 Å². The van der Waals surface area contributed by atoms with E-state index in [1.54, 1.807) is 45.1 Å². The number of hydroxylamine groups is 2. The van der Waals surface area contributed by atoms with Crippen LogP contribution in [0.5, 0.6) is 5.75 Å². The summed E-state index contributed by atoms with van der Waals surface area (Å²) in [7, 11) is 5.78. The first-order valence-electron chi connectivity index (χ1n) is 27.5. The number of epoxide rings is 1. The number of nitrogens with zero attached hydrogens (tertiary/aromatic N) is 2. The minimum atomic E-state index is -1.91. The number of primary amides is 1. The number of alkyl carbamates (subject to hydrolysis) is 1. The molecule has 26 nitrogen and oxygen atoms in total. The fourth-order valence-corrected chi connectivity index (χ4v) is 10.9. The number of fused-ring (bicyclic) bond motifs is 5. The van der Waals surface area contributed by atoms with Crippen molar-refractivity contribution >= 4 is 98.3 Å². The largest absolute Gasteiger partial charge is 0.495 e. The Bertz CT molecular complexity index is 2930. The number of nitrogens with one attached hydrogen (secondary N) is 6. The number of carbonyl (C=O) groups is 9. The number of halogens is 2. The third-order valence-electron chi connectivity index (χ3n) is 15.1. The third kappa shape index (κ3) is 17.7. The SMILES string of the molecule is C=C(CCCCC(=O)ON1C(=O)CCC1=O)N[C@H](C(=O)N[C@@H](CCCNC(N)=O)C(=O)Nc1ccc(NC(=O)O[C@H]2CC(=O)N(C)c3cc(cc(OC)c3Cl)C/C(C)=C/C=C/[C@@H](OC)[C@@]3(O)C[C@H](OC(=O)N3)[C@@H](C)[C@@H]3O[C@@]23C)cc1Br)C(C)OC. The molecule has 9 N–H and O–H groups in total. The van der Waals surface area contributed by atoms with Crippen LogP contribution in [-0.2, 0) is 63.7 Å². The van der Waals surface area contributed by atoms with Gasteiger partial charge in [-0.25, -0.2) is 19.2 Å². The minimum absolute atomic E-state index is 0.0269. The van der Waals surface area contributed by atoms with Crippen molar-refractivity contribution in [3.05, 3.63) is 81.5 Å². The molecular weight excluding hydrogens is 1200 g/mol. The van der Waals surface area contributed by atoms with Crippen molar-refractivity contribution in [2.45, 2.75) is 152 Å². The molecule has 0 spiro atoms. The molecule has 4 aliphatic heterocycles. The lowest BCUT2D eigenvalue weighted by molar-refractivity contribution is -0.197. The third-order valence-corrected chi connectivity index (χ3v) is 16.1. The number of anilines is 3. The summed E-state index contributed by atoms with van der Waals surface area (Å²) >= 11 is 10.3. The average molecular weight is 1270 g/mol. The number of benzene rings is 2. The molecule has 2 aromatic rings. The molecule has 1 unspecified atom stereocenters. The van der Waals surface area contributed by atoms with E-state index in [-0.39, 0.29) is 65.9 Å². The Hall–Kier alpha value is -7.30. The molecular formula is C57H75BrClN9O17. The van der Waals surface area contributed by atoms with Crippen LogP contribution in [0.2, 0.25) is 5.02 Å². The van der Waals surface area contributed by atoms with Crippen LogP contribution in [0.15, 0.2) is 70.9 Å². The summed E-state index contributed by atoms with van der Waals surface area (Å²) in [5.74, 6) is -4.04. The summed E-state index contributed by atoms with van der Waals surface area (Å²) in [6, 6.07) is 4.90. The monoisotopic (exact) mass is 1270 g/mol. The highest BCUT2D eigenvalue weighted by Crippen LogP contribution is 2.49. The molecule has 0 radical (unpaired) electrons. The molecule has 28 heteroatoms. The summed E-state index contributed by atoms with van der Waals surface area (Å²) in [4.78, 5) is 123. The zero-order valence-corrected chi connectivity index (χ0v) is 51.0. The van der Waals surface area contributed by atoms with Gasteiger partial charge in [0.15, 0.2) is 5.72 Å². The van der Waals surface area contributed by atoms with E-state index in [1.807, 2.05) is 13.0 Å². The Balaban J connectivity index is 1.16. The lowest BCUT2D eigenvalue weighted by Crippen LogP contribution is -2.63. The van der Waals surface area contributed by atoms with E-state index in [2.05, 4.69) is 54.4 Å². The maximum atomic E-state index is 14.4. The summed E-state index contributed by atoms with van der Waals surface area (Å²) in [6.07, 6.45) is -0.496. The molecule has 9 amide bonds. The summed E-state index contributed by atoms with van der Waals surface area (Å²) < 4.78 is 35.2. The van der Waals surface area contributed by atoms with Gasteiger partial charge < -0.3 is 70.3 Å². The van der Waals surface area contributed by atoms with E-state index < -0.39 is 120 Å². The van der Waals surface area contributed by atoms with E-state index in [4.69, 9.17) is 50.6 Å². The molecule has 0 saturated carbocycles. The number of hydrogen-bond acceptors (Lipinski definition) is 18. The number of nitrogens with two attached hydrogens (primary N) is 1. The number of amides is 9. The molecule has 4 bridgehead atoms. The highest BCUT2D eigenvalue weighted by Gasteiger charge is 2.64. The molecule has 3 saturated heterocycles. The van der Waals surface area contributed by atoms with Gasteiger partial charge in [-0.05, 0) is 111 Å². The van der Waals surface area contributed by atoms with Crippen molar-refractivity contribution in [2.24, 2.45) is 11.7 Å². The second-order valence-corrected chi connectivity index (χ2v) is 22.6. The van der Waals surface area contributed by atoms with E-state index in [1.165, 1.54) is 51.5 Å². The van der Waals surface area contributed by atoms with E-state index in [0.717, 1.165) is 11.1 Å². The fourth-order valence-electron chi connectivity index (χ4n) is 10.1. The quantitative estimate of drug-likeness (QED) is 0.0399. The first kappa shape index (κ1) is 66.8. The van der Waals surface area contributed by atoms with Crippen molar-refractivity contribution in [1.82, 2.24) is 26.3 Å². The summed E-state index contributed by atoms with van der Waals surface area (Å²) in [6.45, 7) is 11.0. The zero-order chi connectivity index (χ0) is 62.5. The molecule has 10 atom stereocenters. The van der Waals surface area contributed by atoms with Crippen molar-refractivity contribution in [3.8, 4) is 5.75 Å². The Morgan fingerprint density at radius 1 is 0.988 bits per heavy atom. The number of carbonyl (C=O) groups excluding carboxylic acids is 9. The van der Waals surface area contributed by atoms with Crippen LogP contribution < -0.4 is 47.3 Å². The van der Waals surface area contributed by atoms with E-state index in [0.29, 0.717) is 47.9 Å². The number of rotatable bonds is 22. The minimum Gasteiger partial charge on any atom is -0.495 e. The predicted molar refractivity (Wildman–Crippen MR) is 312 cm³/mol. The van der Waals surface area contributed by atoms with Crippen LogP contribution in [0, 0.1) is 5.92 Å². The van der Waals surface area contributed by atoms with Gasteiger partial charge in [-0.15, -0.1) is 5.06 Å². The van der Waals surface area contributed by atoms with Crippen LogP contribution in [0.3, 0.4) is 0 Å². The normalized spacial score (nSPS) is 25.3. The number of allylic oxidation sites excluding steroid dienone is 4. The molecule has 6 rings (SSSR count). The molecule has 0 aliphatic carbocycles. The van der Waals surface area contributed by atoms with Crippen molar-refractivity contribution in [1.29, 1.82) is 0 Å². The van der Waals surface area contributed by atoms with Crippen LogP contribution >= 0.6 is 27.5 Å². The van der Waals surface area contributed by atoms with Gasteiger partial charge in [0.25, 0.3) is 11.8 Å². The fraction of sp³-hybridized carbons (Fsp3) is 0.526. The maximum Gasteiger partial charge on any atom is 0.412 e. The molecule has 85 heavy (non-hydrogen) atoms. The lowest BCUT2D eigenvalue weighted by atomic mass is 9.83. The van der Waals surface area contributed by atoms with Crippen molar-refractivity contribution in [3.63, 3.8) is 0 Å². The number of ether oxygens (including phenoxy) is 6. The molecule has 3 fully saturated rings. The van der Waals surface area contributed by atoms with E-state index >= 15 is 0 Å². The van der Waals surface area contributed by atoms with Gasteiger partial charge in [0.05, 0.1) is 37.1 Å². The maximum absolute atomic E-state index is 14.4. The second kappa shape index (κ2) is 29.7. The Morgan fingerprint density at radius 3 is 2.35 bits per heavy atom. The highest BCUT2D eigenvalue weighted by atomic mass is 79.9. The first-order valence-corrected chi connectivity index (χ1v) is 28.7. The number of hydrogen-bond donors (Lipinski definition) is 8. The van der Waals surface area contributed by atoms with Crippen molar-refractivity contribution < 1.29 is 81.5 Å². The van der Waals surface area contributed by atoms with Gasteiger partial charge in [-0.3, -0.25) is 34.6 Å². The molecule has 4 aliphatic rings. The van der Waals surface area contributed by atoms with Crippen LogP contribution in [0.4, 0.5) is 31.4 Å².